The monoisotopic (exact) mass is 566 g/mol. The van der Waals surface area contributed by atoms with Crippen molar-refractivity contribution >= 4 is 35.0 Å². The van der Waals surface area contributed by atoms with E-state index < -0.39 is 10.9 Å². The number of rotatable bonds is 8. The average molecular weight is 567 g/mol. The van der Waals surface area contributed by atoms with E-state index in [-0.39, 0.29) is 27.7 Å². The molecule has 1 amide bonds. The third-order valence-corrected chi connectivity index (χ3v) is 9.45. The third kappa shape index (κ3) is 4.55. The molecule has 4 aliphatic carbocycles. The van der Waals surface area contributed by atoms with Crippen LogP contribution in [0.5, 0.6) is 0 Å². The number of benzene rings is 1. The van der Waals surface area contributed by atoms with E-state index >= 15 is 0 Å². The Hall–Kier alpha value is -3.73. The summed E-state index contributed by atoms with van der Waals surface area (Å²) >= 11 is 6.32. The van der Waals surface area contributed by atoms with Gasteiger partial charge in [0.2, 0.25) is 5.91 Å². The van der Waals surface area contributed by atoms with Crippen LogP contribution in [-0.4, -0.2) is 43.5 Å². The number of nitrogens with zero attached hydrogens (tertiary/aromatic N) is 5. The Morgan fingerprint density at radius 1 is 1.23 bits per heavy atom. The summed E-state index contributed by atoms with van der Waals surface area (Å²) in [7, 11) is 1.35. The van der Waals surface area contributed by atoms with Crippen LogP contribution < -0.4 is 5.32 Å². The number of amides is 1. The summed E-state index contributed by atoms with van der Waals surface area (Å²) in [5, 5.41) is 23.4. The first-order chi connectivity index (χ1) is 19.1. The van der Waals surface area contributed by atoms with Crippen molar-refractivity contribution in [3.05, 3.63) is 68.6 Å². The highest BCUT2D eigenvalue weighted by Gasteiger charge is 2.60. The number of halogens is 1. The quantitative estimate of drug-likeness (QED) is 0.227. The van der Waals surface area contributed by atoms with Gasteiger partial charge < -0.3 is 20.2 Å². The molecule has 0 spiro atoms. The van der Waals surface area contributed by atoms with E-state index in [0.29, 0.717) is 41.7 Å². The van der Waals surface area contributed by atoms with E-state index in [9.17, 15) is 19.7 Å². The van der Waals surface area contributed by atoms with Crippen LogP contribution in [0.1, 0.15) is 66.6 Å². The van der Waals surface area contributed by atoms with Gasteiger partial charge in [-0.2, -0.15) is 9.78 Å². The maximum atomic E-state index is 13.4. The number of nitro groups is 1. The Morgan fingerprint density at radius 3 is 2.62 bits per heavy atom. The molecule has 11 nitrogen and oxygen atoms in total. The Morgan fingerprint density at radius 2 is 1.95 bits per heavy atom. The first-order valence-electron chi connectivity index (χ1n) is 13.5. The highest BCUT2D eigenvalue weighted by atomic mass is 35.5. The smallest absolute Gasteiger partial charge is 0.408 e. The van der Waals surface area contributed by atoms with Gasteiger partial charge in [0.05, 0.1) is 47.4 Å². The minimum atomic E-state index is -0.524. The first kappa shape index (κ1) is 26.5. The van der Waals surface area contributed by atoms with Gasteiger partial charge in [-0.1, -0.05) is 29.8 Å². The second-order valence-corrected chi connectivity index (χ2v) is 12.3. The molecule has 4 aliphatic rings. The molecule has 3 aromatic rings. The summed E-state index contributed by atoms with van der Waals surface area (Å²) in [6.45, 7) is 2.15. The molecule has 2 unspecified atom stereocenters. The number of anilines is 1. The summed E-state index contributed by atoms with van der Waals surface area (Å²) in [6.07, 6.45) is 9.35. The lowest BCUT2D eigenvalue weighted by molar-refractivity contribution is -0.389. The second-order valence-electron chi connectivity index (χ2n) is 11.9. The van der Waals surface area contributed by atoms with Crippen LogP contribution in [0.15, 0.2) is 36.7 Å². The van der Waals surface area contributed by atoms with Gasteiger partial charge in [-0.3, -0.25) is 9.48 Å². The molecule has 4 saturated carbocycles. The van der Waals surface area contributed by atoms with Crippen LogP contribution in [0.4, 0.5) is 11.5 Å². The van der Waals surface area contributed by atoms with Crippen molar-refractivity contribution in [3.8, 4) is 0 Å². The molecule has 4 fully saturated rings. The number of nitrogens with one attached hydrogen (secondary N) is 1. The summed E-state index contributed by atoms with van der Waals surface area (Å²) in [5.41, 5.74) is 1.90. The number of ether oxygens (including phenoxy) is 1. The van der Waals surface area contributed by atoms with Crippen LogP contribution in [-0.2, 0) is 21.6 Å². The van der Waals surface area contributed by atoms with Gasteiger partial charge in [0, 0.05) is 12.6 Å². The number of methoxy groups -OCH3 is 1. The lowest BCUT2D eigenvalue weighted by Gasteiger charge is -2.61. The van der Waals surface area contributed by atoms with Crippen molar-refractivity contribution in [3.63, 3.8) is 0 Å². The number of esters is 1. The van der Waals surface area contributed by atoms with Gasteiger partial charge in [0.15, 0.2) is 5.02 Å². The number of hydrogen-bond donors (Lipinski definition) is 1. The van der Waals surface area contributed by atoms with Crippen molar-refractivity contribution < 1.29 is 19.2 Å². The number of carbonyl (C=O) groups excluding carboxylic acids is 2. The largest absolute Gasteiger partial charge is 0.465 e. The highest BCUT2D eigenvalue weighted by Crippen LogP contribution is 2.65. The molecule has 7 rings (SSSR count). The van der Waals surface area contributed by atoms with Gasteiger partial charge in [-0.15, -0.1) is 0 Å². The standard InChI is InChI=1S/C28H31ClN6O5/c1-17-24(29)25(35(38)39)32-34(17)28-10-18-7-19(11-28)9-27(8-18,16-28)12-23(36)31-21-13-30-33(15-21)14-20-5-3-4-6-22(20)26(37)40-2/h3-6,13,15,18-19H,7-12,14,16H2,1-2H3,(H,31,36). The molecule has 0 aliphatic heterocycles. The highest BCUT2D eigenvalue weighted by molar-refractivity contribution is 6.33. The third-order valence-electron chi connectivity index (χ3n) is 9.01. The number of hydrogen-bond acceptors (Lipinski definition) is 7. The molecule has 40 heavy (non-hydrogen) atoms. The van der Waals surface area contributed by atoms with E-state index in [4.69, 9.17) is 16.3 Å². The fourth-order valence-electron chi connectivity index (χ4n) is 8.11. The SMILES string of the molecule is COC(=O)c1ccccc1Cn1cc(NC(=O)CC23CC4CC(C2)CC(n2nc([N+](=O)[O-])c(Cl)c2C)(C4)C3)cn1. The van der Waals surface area contributed by atoms with Crippen molar-refractivity contribution in [1.29, 1.82) is 0 Å². The fraction of sp³-hybridized carbons (Fsp3) is 0.500. The van der Waals surface area contributed by atoms with Crippen molar-refractivity contribution in [2.75, 3.05) is 12.4 Å². The normalized spacial score (nSPS) is 26.6. The molecule has 12 heteroatoms. The lowest BCUT2D eigenvalue weighted by atomic mass is 9.46. The molecule has 2 atom stereocenters. The van der Waals surface area contributed by atoms with E-state index in [1.165, 1.54) is 7.11 Å². The number of carbonyl (C=O) groups is 2. The zero-order chi connectivity index (χ0) is 28.2. The minimum absolute atomic E-state index is 0.0761. The molecule has 0 radical (unpaired) electrons. The van der Waals surface area contributed by atoms with Crippen LogP contribution in [0.2, 0.25) is 5.02 Å². The van der Waals surface area contributed by atoms with Gasteiger partial charge in [-0.25, -0.2) is 4.79 Å². The lowest BCUT2D eigenvalue weighted by Crippen LogP contribution is -2.57. The Balaban J connectivity index is 1.18. The summed E-state index contributed by atoms with van der Waals surface area (Å²) < 4.78 is 8.37. The molecule has 2 aromatic heterocycles. The maximum absolute atomic E-state index is 13.4. The van der Waals surface area contributed by atoms with Crippen LogP contribution in [0, 0.1) is 34.3 Å². The van der Waals surface area contributed by atoms with E-state index in [0.717, 1.165) is 44.1 Å². The molecule has 210 valence electrons. The van der Waals surface area contributed by atoms with Crippen molar-refractivity contribution in [1.82, 2.24) is 19.6 Å². The molecular formula is C28H31ClN6O5. The summed E-state index contributed by atoms with van der Waals surface area (Å²) in [5.74, 6) is 0.119. The van der Waals surface area contributed by atoms with Gasteiger partial charge >= 0.3 is 11.8 Å². The van der Waals surface area contributed by atoms with E-state index in [1.54, 1.807) is 36.1 Å². The van der Waals surface area contributed by atoms with Crippen LogP contribution in [0.25, 0.3) is 0 Å². The topological polar surface area (TPSA) is 134 Å². The van der Waals surface area contributed by atoms with Gasteiger partial charge in [0.1, 0.15) is 0 Å². The summed E-state index contributed by atoms with van der Waals surface area (Å²) in [6, 6.07) is 7.19. The minimum Gasteiger partial charge on any atom is -0.465 e. The van der Waals surface area contributed by atoms with Crippen molar-refractivity contribution in [2.24, 2.45) is 17.3 Å². The summed E-state index contributed by atoms with van der Waals surface area (Å²) in [4.78, 5) is 36.5. The molecule has 1 aromatic carbocycles. The predicted molar refractivity (Wildman–Crippen MR) is 146 cm³/mol. The van der Waals surface area contributed by atoms with Crippen LogP contribution >= 0.6 is 11.6 Å². The molecule has 1 N–H and O–H groups in total. The van der Waals surface area contributed by atoms with Gasteiger partial charge in [-0.05, 0) is 79.3 Å². The zero-order valence-corrected chi connectivity index (χ0v) is 23.2. The van der Waals surface area contributed by atoms with E-state index in [1.807, 2.05) is 16.8 Å². The van der Waals surface area contributed by atoms with Gasteiger partial charge in [0.25, 0.3) is 0 Å². The maximum Gasteiger partial charge on any atom is 0.408 e. The van der Waals surface area contributed by atoms with Crippen molar-refractivity contribution in [2.45, 2.75) is 64.0 Å². The first-order valence-corrected chi connectivity index (χ1v) is 13.9. The Kier molecular flexibility index (Phi) is 6.44. The number of aromatic nitrogens is 4. The second kappa shape index (κ2) is 9.72. The molecular weight excluding hydrogens is 536 g/mol. The average Bonchev–Trinajstić information content (AvgIpc) is 3.46. The zero-order valence-electron chi connectivity index (χ0n) is 22.4. The fourth-order valence-corrected chi connectivity index (χ4v) is 8.29. The molecule has 2 heterocycles. The molecule has 4 bridgehead atoms. The Bertz CT molecular complexity index is 1500. The van der Waals surface area contributed by atoms with E-state index in [2.05, 4.69) is 15.5 Å². The Labute approximate surface area is 236 Å². The van der Waals surface area contributed by atoms with Crippen LogP contribution in [0.3, 0.4) is 0 Å². The molecule has 0 saturated heterocycles. The predicted octanol–water partition coefficient (Wildman–Crippen LogP) is 5.11.